The molecule has 2 rings (SSSR count). The van der Waals surface area contributed by atoms with E-state index in [1.54, 1.807) is 0 Å². The van der Waals surface area contributed by atoms with E-state index in [4.69, 9.17) is 5.73 Å². The number of hydrogen-bond donors (Lipinski definition) is 1. The molecule has 0 heterocycles. The van der Waals surface area contributed by atoms with Crippen LogP contribution in [0.1, 0.15) is 42.1 Å². The molecule has 3 nitrogen and oxygen atoms in total. The highest BCUT2D eigenvalue weighted by molar-refractivity contribution is 5.94. The number of carbonyl (C=O) groups is 1. The Morgan fingerprint density at radius 1 is 1.45 bits per heavy atom. The molecule has 0 aromatic heterocycles. The van der Waals surface area contributed by atoms with E-state index in [-0.39, 0.29) is 5.91 Å². The van der Waals surface area contributed by atoms with Crippen LogP contribution in [0.5, 0.6) is 0 Å². The lowest BCUT2D eigenvalue weighted by molar-refractivity contribution is 0.0706. The largest absolute Gasteiger partial charge is 0.339 e. The predicted molar refractivity (Wildman–Crippen MR) is 81.3 cm³/mol. The highest BCUT2D eigenvalue weighted by Gasteiger charge is 2.23. The van der Waals surface area contributed by atoms with Crippen molar-refractivity contribution < 1.29 is 4.79 Å². The van der Waals surface area contributed by atoms with Gasteiger partial charge in [0.1, 0.15) is 0 Å². The quantitative estimate of drug-likeness (QED) is 0.853. The van der Waals surface area contributed by atoms with Gasteiger partial charge in [0.05, 0.1) is 6.54 Å². The van der Waals surface area contributed by atoms with E-state index >= 15 is 0 Å². The molecule has 1 fully saturated rings. The lowest BCUT2D eigenvalue weighted by Gasteiger charge is -2.31. The van der Waals surface area contributed by atoms with E-state index in [9.17, 15) is 4.79 Å². The van der Waals surface area contributed by atoms with E-state index in [2.05, 4.69) is 11.8 Å². The lowest BCUT2D eigenvalue weighted by Crippen LogP contribution is -2.37. The van der Waals surface area contributed by atoms with Crippen molar-refractivity contribution in [2.45, 2.75) is 26.2 Å². The second kappa shape index (κ2) is 7.12. The average molecular weight is 270 g/mol. The van der Waals surface area contributed by atoms with Gasteiger partial charge in [-0.2, -0.15) is 0 Å². The number of rotatable bonds is 4. The molecule has 1 aromatic carbocycles. The van der Waals surface area contributed by atoms with Crippen molar-refractivity contribution in [3.63, 3.8) is 0 Å². The fourth-order valence-electron chi connectivity index (χ4n) is 2.41. The van der Waals surface area contributed by atoms with Crippen molar-refractivity contribution in [3.8, 4) is 11.8 Å². The van der Waals surface area contributed by atoms with Gasteiger partial charge in [-0.3, -0.25) is 4.79 Å². The van der Waals surface area contributed by atoms with Gasteiger partial charge in [0.25, 0.3) is 5.91 Å². The smallest absolute Gasteiger partial charge is 0.253 e. The zero-order chi connectivity index (χ0) is 14.4. The molecule has 0 radical (unpaired) electrons. The Labute approximate surface area is 121 Å². The summed E-state index contributed by atoms with van der Waals surface area (Å²) in [7, 11) is 0. The van der Waals surface area contributed by atoms with Gasteiger partial charge in [-0.15, -0.1) is 0 Å². The van der Waals surface area contributed by atoms with Crippen LogP contribution in [0.15, 0.2) is 24.3 Å². The molecule has 0 atom stereocenters. The first kappa shape index (κ1) is 14.6. The van der Waals surface area contributed by atoms with Crippen LogP contribution in [-0.2, 0) is 0 Å². The van der Waals surface area contributed by atoms with Crippen LogP contribution in [0.3, 0.4) is 0 Å². The van der Waals surface area contributed by atoms with Crippen molar-refractivity contribution in [1.82, 2.24) is 4.90 Å². The number of nitrogens with two attached hydrogens (primary N) is 1. The molecule has 3 heteroatoms. The first-order valence-electron chi connectivity index (χ1n) is 7.33. The van der Waals surface area contributed by atoms with Gasteiger partial charge in [0.2, 0.25) is 0 Å². The minimum atomic E-state index is 0.107. The summed E-state index contributed by atoms with van der Waals surface area (Å²) in [5.74, 6) is 6.59. The molecule has 106 valence electrons. The molecular weight excluding hydrogens is 248 g/mol. The topological polar surface area (TPSA) is 46.3 Å². The Balaban J connectivity index is 2.09. The molecule has 20 heavy (non-hydrogen) atoms. The van der Waals surface area contributed by atoms with Crippen LogP contribution in [0, 0.1) is 17.8 Å². The van der Waals surface area contributed by atoms with E-state index in [1.807, 2.05) is 36.1 Å². The van der Waals surface area contributed by atoms with Crippen molar-refractivity contribution in [2.24, 2.45) is 11.7 Å². The van der Waals surface area contributed by atoms with Gasteiger partial charge < -0.3 is 10.6 Å². The Hall–Kier alpha value is -1.79. The van der Waals surface area contributed by atoms with Crippen LogP contribution in [0.2, 0.25) is 0 Å². The number of hydrogen-bond acceptors (Lipinski definition) is 2. The number of carbonyl (C=O) groups excluding carboxylic acids is 1. The molecule has 1 amide bonds. The standard InChI is InChI=1S/C17H22N2O/c1-2-19(13-15-7-3-8-15)17(20)16-10-4-6-14(12-16)9-5-11-18/h4,6,10,12,15H,2-3,7-8,11,13,18H2,1H3. The SMILES string of the molecule is CCN(CC1CCC1)C(=O)c1cccc(C#CCN)c1. The third-order valence-corrected chi connectivity index (χ3v) is 3.82. The maximum absolute atomic E-state index is 12.5. The number of nitrogens with zero attached hydrogens (tertiary/aromatic N) is 1. The van der Waals surface area contributed by atoms with E-state index in [0.29, 0.717) is 12.5 Å². The maximum atomic E-state index is 12.5. The summed E-state index contributed by atoms with van der Waals surface area (Å²) in [6.07, 6.45) is 3.82. The molecule has 0 spiro atoms. The fraction of sp³-hybridized carbons (Fsp3) is 0.471. The first-order chi connectivity index (χ1) is 9.74. The molecule has 1 aliphatic carbocycles. The Bertz CT molecular complexity index is 523. The van der Waals surface area contributed by atoms with Gasteiger partial charge >= 0.3 is 0 Å². The number of amides is 1. The van der Waals surface area contributed by atoms with E-state index < -0.39 is 0 Å². The summed E-state index contributed by atoms with van der Waals surface area (Å²) in [5, 5.41) is 0. The first-order valence-corrected chi connectivity index (χ1v) is 7.33. The number of benzene rings is 1. The molecule has 0 bridgehead atoms. The van der Waals surface area contributed by atoms with Crippen LogP contribution < -0.4 is 5.73 Å². The second-order valence-corrected chi connectivity index (χ2v) is 5.23. The molecule has 0 aliphatic heterocycles. The summed E-state index contributed by atoms with van der Waals surface area (Å²) in [4.78, 5) is 14.5. The van der Waals surface area contributed by atoms with Gasteiger partial charge in [-0.1, -0.05) is 24.3 Å². The third kappa shape index (κ3) is 3.61. The van der Waals surface area contributed by atoms with Crippen LogP contribution >= 0.6 is 0 Å². The molecular formula is C17H22N2O. The van der Waals surface area contributed by atoms with Gasteiger partial charge in [-0.25, -0.2) is 0 Å². The molecule has 1 aromatic rings. The van der Waals surface area contributed by atoms with Crippen molar-refractivity contribution >= 4 is 5.91 Å². The Morgan fingerprint density at radius 2 is 2.25 bits per heavy atom. The summed E-state index contributed by atoms with van der Waals surface area (Å²) >= 11 is 0. The van der Waals surface area contributed by atoms with Gasteiger partial charge in [-0.05, 0) is 43.9 Å². The molecule has 0 saturated heterocycles. The van der Waals surface area contributed by atoms with Crippen LogP contribution in [0.25, 0.3) is 0 Å². The Morgan fingerprint density at radius 3 is 2.85 bits per heavy atom. The van der Waals surface area contributed by atoms with E-state index in [0.717, 1.165) is 24.2 Å². The average Bonchev–Trinajstić information content (AvgIpc) is 2.44. The molecule has 1 saturated carbocycles. The summed E-state index contributed by atoms with van der Waals surface area (Å²) in [5.41, 5.74) is 6.94. The summed E-state index contributed by atoms with van der Waals surface area (Å²) in [6, 6.07) is 7.50. The van der Waals surface area contributed by atoms with E-state index in [1.165, 1.54) is 19.3 Å². The highest BCUT2D eigenvalue weighted by atomic mass is 16.2. The third-order valence-electron chi connectivity index (χ3n) is 3.82. The zero-order valence-corrected chi connectivity index (χ0v) is 12.1. The van der Waals surface area contributed by atoms with Gasteiger partial charge in [0.15, 0.2) is 0 Å². The Kier molecular flexibility index (Phi) is 5.20. The molecule has 2 N–H and O–H groups in total. The van der Waals surface area contributed by atoms with Gasteiger partial charge in [0, 0.05) is 24.2 Å². The monoisotopic (exact) mass is 270 g/mol. The normalized spacial score (nSPS) is 14.1. The minimum Gasteiger partial charge on any atom is -0.339 e. The van der Waals surface area contributed by atoms with Crippen LogP contribution in [-0.4, -0.2) is 30.4 Å². The highest BCUT2D eigenvalue weighted by Crippen LogP contribution is 2.27. The second-order valence-electron chi connectivity index (χ2n) is 5.23. The molecule has 0 unspecified atom stereocenters. The lowest BCUT2D eigenvalue weighted by atomic mass is 9.85. The zero-order valence-electron chi connectivity index (χ0n) is 12.1. The summed E-state index contributed by atoms with van der Waals surface area (Å²) in [6.45, 7) is 4.01. The maximum Gasteiger partial charge on any atom is 0.253 e. The van der Waals surface area contributed by atoms with Crippen molar-refractivity contribution in [2.75, 3.05) is 19.6 Å². The predicted octanol–water partition coefficient (Wildman–Crippen LogP) is 2.26. The molecule has 1 aliphatic rings. The van der Waals surface area contributed by atoms with Crippen molar-refractivity contribution in [1.29, 1.82) is 0 Å². The summed E-state index contributed by atoms with van der Waals surface area (Å²) < 4.78 is 0. The van der Waals surface area contributed by atoms with Crippen LogP contribution in [0.4, 0.5) is 0 Å². The minimum absolute atomic E-state index is 0.107. The van der Waals surface area contributed by atoms with Crippen molar-refractivity contribution in [3.05, 3.63) is 35.4 Å². The fourth-order valence-corrected chi connectivity index (χ4v) is 2.41.